The third kappa shape index (κ3) is 3.82. The molecular formula is C25H26N6O. The second kappa shape index (κ2) is 8.42. The lowest BCUT2D eigenvalue weighted by atomic mass is 9.88. The fourth-order valence-corrected chi connectivity index (χ4v) is 4.31. The monoisotopic (exact) mass is 426 g/mol. The van der Waals surface area contributed by atoms with Crippen LogP contribution in [0, 0.1) is 13.8 Å². The molecule has 7 nitrogen and oxygen atoms in total. The fraction of sp³-hybridized carbons (Fsp3) is 0.280. The zero-order chi connectivity index (χ0) is 22.1. The summed E-state index contributed by atoms with van der Waals surface area (Å²) in [4.78, 5) is 13.8. The van der Waals surface area contributed by atoms with Gasteiger partial charge in [-0.25, -0.2) is 19.6 Å². The van der Waals surface area contributed by atoms with Crippen molar-refractivity contribution in [2.45, 2.75) is 39.2 Å². The summed E-state index contributed by atoms with van der Waals surface area (Å²) in [7, 11) is 1.62. The highest BCUT2D eigenvalue weighted by Gasteiger charge is 2.26. The number of hydrogen-bond acceptors (Lipinski definition) is 5. The third-order valence-electron chi connectivity index (χ3n) is 5.90. The molecule has 0 fully saturated rings. The molecular weight excluding hydrogens is 400 g/mol. The molecule has 0 amide bonds. The largest absolute Gasteiger partial charge is 0.479 e. The van der Waals surface area contributed by atoms with E-state index < -0.39 is 0 Å². The lowest BCUT2D eigenvalue weighted by Gasteiger charge is -2.23. The van der Waals surface area contributed by atoms with Crippen LogP contribution in [-0.2, 0) is 6.54 Å². The highest BCUT2D eigenvalue weighted by molar-refractivity contribution is 5.65. The van der Waals surface area contributed by atoms with Crippen molar-refractivity contribution in [1.82, 2.24) is 29.3 Å². The molecule has 0 N–H and O–H groups in total. The first-order valence-electron chi connectivity index (χ1n) is 10.9. The second-order valence-corrected chi connectivity index (χ2v) is 8.12. The van der Waals surface area contributed by atoms with Crippen molar-refractivity contribution in [1.29, 1.82) is 0 Å². The molecule has 0 aliphatic carbocycles. The van der Waals surface area contributed by atoms with Crippen LogP contribution >= 0.6 is 0 Å². The molecule has 0 bridgehead atoms. The Hall–Kier alpha value is -3.74. The van der Waals surface area contributed by atoms with Crippen molar-refractivity contribution in [2.24, 2.45) is 0 Å². The van der Waals surface area contributed by atoms with Crippen LogP contribution in [0.5, 0.6) is 5.88 Å². The normalized spacial score (nSPS) is 15.8. The Kier molecular flexibility index (Phi) is 5.31. The summed E-state index contributed by atoms with van der Waals surface area (Å²) in [5.41, 5.74) is 5.21. The molecule has 0 spiro atoms. The van der Waals surface area contributed by atoms with Gasteiger partial charge in [-0.1, -0.05) is 24.3 Å². The highest BCUT2D eigenvalue weighted by Crippen LogP contribution is 2.33. The predicted octanol–water partition coefficient (Wildman–Crippen LogP) is 4.58. The van der Waals surface area contributed by atoms with E-state index in [1.165, 1.54) is 11.1 Å². The van der Waals surface area contributed by atoms with E-state index in [1.54, 1.807) is 13.4 Å². The molecule has 0 unspecified atom stereocenters. The average Bonchev–Trinajstić information content (AvgIpc) is 3.43. The van der Waals surface area contributed by atoms with Crippen LogP contribution in [0.1, 0.15) is 52.9 Å². The number of methoxy groups -OCH3 is 1. The van der Waals surface area contributed by atoms with Crippen LogP contribution < -0.4 is 4.74 Å². The Balaban J connectivity index is 1.42. The summed E-state index contributed by atoms with van der Waals surface area (Å²) in [5.74, 6) is 2.58. The summed E-state index contributed by atoms with van der Waals surface area (Å²) in [6, 6.07) is 12.5. The van der Waals surface area contributed by atoms with Crippen molar-refractivity contribution in [3.8, 4) is 11.6 Å². The number of aryl methyl sites for hydroxylation is 3. The van der Waals surface area contributed by atoms with E-state index in [4.69, 9.17) is 14.8 Å². The minimum atomic E-state index is 0.288. The summed E-state index contributed by atoms with van der Waals surface area (Å²) in [6.07, 6.45) is 9.75. The van der Waals surface area contributed by atoms with E-state index >= 15 is 0 Å². The van der Waals surface area contributed by atoms with Crippen LogP contribution in [-0.4, -0.2) is 36.4 Å². The maximum atomic E-state index is 5.51. The van der Waals surface area contributed by atoms with Crippen LogP contribution in [0.2, 0.25) is 0 Å². The maximum absolute atomic E-state index is 5.51. The van der Waals surface area contributed by atoms with Crippen molar-refractivity contribution in [3.05, 3.63) is 83.1 Å². The van der Waals surface area contributed by atoms with Crippen molar-refractivity contribution in [2.75, 3.05) is 7.11 Å². The van der Waals surface area contributed by atoms with Gasteiger partial charge in [-0.2, -0.15) is 5.10 Å². The van der Waals surface area contributed by atoms with E-state index in [9.17, 15) is 0 Å². The minimum Gasteiger partial charge on any atom is -0.479 e. The van der Waals surface area contributed by atoms with Gasteiger partial charge in [0.25, 0.3) is 0 Å². The van der Waals surface area contributed by atoms with Crippen LogP contribution in [0.15, 0.2) is 48.9 Å². The van der Waals surface area contributed by atoms with Gasteiger partial charge in [-0.15, -0.1) is 0 Å². The number of nitrogens with zero attached hydrogens (tertiary/aromatic N) is 6. The minimum absolute atomic E-state index is 0.288. The summed E-state index contributed by atoms with van der Waals surface area (Å²) in [5, 5.41) is 4.73. The van der Waals surface area contributed by atoms with Crippen molar-refractivity contribution < 1.29 is 4.74 Å². The Morgan fingerprint density at radius 2 is 1.94 bits per heavy atom. The van der Waals surface area contributed by atoms with Crippen LogP contribution in [0.25, 0.3) is 17.8 Å². The van der Waals surface area contributed by atoms with E-state index in [0.29, 0.717) is 11.7 Å². The van der Waals surface area contributed by atoms with Gasteiger partial charge in [0.15, 0.2) is 5.82 Å². The lowest BCUT2D eigenvalue weighted by Crippen LogP contribution is -2.18. The quantitative estimate of drug-likeness (QED) is 0.467. The third-order valence-corrected chi connectivity index (χ3v) is 5.90. The molecule has 7 heteroatoms. The Morgan fingerprint density at radius 1 is 1.06 bits per heavy atom. The van der Waals surface area contributed by atoms with Gasteiger partial charge in [0, 0.05) is 18.7 Å². The molecule has 1 atom stereocenters. The Bertz CT molecular complexity index is 1290. The van der Waals surface area contributed by atoms with Crippen molar-refractivity contribution >= 4 is 12.2 Å². The Morgan fingerprint density at radius 3 is 2.72 bits per heavy atom. The van der Waals surface area contributed by atoms with Crippen LogP contribution in [0.4, 0.5) is 0 Å². The number of hydrogen-bond donors (Lipinski definition) is 0. The van der Waals surface area contributed by atoms with Gasteiger partial charge < -0.3 is 9.30 Å². The number of imidazole rings is 1. The van der Waals surface area contributed by atoms with Crippen molar-refractivity contribution in [3.63, 3.8) is 0 Å². The smallest absolute Gasteiger partial charge is 0.238 e. The molecule has 0 saturated heterocycles. The first-order chi connectivity index (χ1) is 15.6. The number of fused-ring (bicyclic) bond motifs is 1. The predicted molar refractivity (Wildman–Crippen MR) is 124 cm³/mol. The highest BCUT2D eigenvalue weighted by atomic mass is 16.5. The Labute approximate surface area is 187 Å². The summed E-state index contributed by atoms with van der Waals surface area (Å²) >= 11 is 0. The van der Waals surface area contributed by atoms with E-state index in [0.717, 1.165) is 42.3 Å². The lowest BCUT2D eigenvalue weighted by molar-refractivity contribution is 0.395. The van der Waals surface area contributed by atoms with Gasteiger partial charge in [-0.05, 0) is 62.1 Å². The first kappa shape index (κ1) is 20.2. The molecule has 1 aliphatic rings. The summed E-state index contributed by atoms with van der Waals surface area (Å²) in [6.45, 7) is 5.03. The number of ether oxygens (including phenoxy) is 1. The first-order valence-corrected chi connectivity index (χ1v) is 10.9. The van der Waals surface area contributed by atoms with Gasteiger partial charge in [0.2, 0.25) is 5.88 Å². The van der Waals surface area contributed by atoms with Crippen LogP contribution in [0.3, 0.4) is 0 Å². The van der Waals surface area contributed by atoms with E-state index in [2.05, 4.69) is 45.8 Å². The zero-order valence-electron chi connectivity index (χ0n) is 18.6. The second-order valence-electron chi connectivity index (χ2n) is 8.12. The standard InChI is InChI=1S/C25H26N6O/c1-17-7-4-5-8-20(17)21-9-6-14-31-24(21)28-23(29-31)13-11-19-10-12-22(25(27-19)32-3)30-15-18(2)26-16-30/h4-5,7-8,10-13,15-16,21H,6,9,14H2,1-3H3/b13-11+/t21-/m0/s1. The average molecular weight is 427 g/mol. The SMILES string of the molecule is COc1nc(/C=C/c2nc3n(n2)CCC[C@H]3c2ccccc2C)ccc1-n1cnc(C)c1. The molecule has 0 radical (unpaired) electrons. The molecule has 4 heterocycles. The molecule has 3 aromatic heterocycles. The summed E-state index contributed by atoms with van der Waals surface area (Å²) < 4.78 is 9.48. The molecule has 5 rings (SSSR count). The molecule has 0 saturated carbocycles. The van der Waals surface area contributed by atoms with E-state index in [-0.39, 0.29) is 5.92 Å². The number of rotatable bonds is 5. The maximum Gasteiger partial charge on any atom is 0.238 e. The van der Waals surface area contributed by atoms with Gasteiger partial charge in [0.1, 0.15) is 11.5 Å². The number of benzene rings is 1. The van der Waals surface area contributed by atoms with Gasteiger partial charge in [0.05, 0.1) is 24.8 Å². The molecule has 1 aromatic carbocycles. The molecule has 32 heavy (non-hydrogen) atoms. The zero-order valence-corrected chi connectivity index (χ0v) is 18.6. The van der Waals surface area contributed by atoms with Gasteiger partial charge in [-0.3, -0.25) is 0 Å². The molecule has 4 aromatic rings. The number of aromatic nitrogens is 6. The molecule has 1 aliphatic heterocycles. The topological polar surface area (TPSA) is 70.7 Å². The number of pyridine rings is 1. The van der Waals surface area contributed by atoms with E-state index in [1.807, 2.05) is 42.0 Å². The fourth-order valence-electron chi connectivity index (χ4n) is 4.31. The molecule has 162 valence electrons. The van der Waals surface area contributed by atoms with Gasteiger partial charge >= 0.3 is 0 Å².